The van der Waals surface area contributed by atoms with Crippen molar-refractivity contribution in [2.45, 2.75) is 54.0 Å². The van der Waals surface area contributed by atoms with Gasteiger partial charge in [-0.05, 0) is 0 Å². The van der Waals surface area contributed by atoms with Gasteiger partial charge in [-0.25, -0.2) is 13.2 Å². The zero-order chi connectivity index (χ0) is 22.1. The fraction of sp³-hybridized carbons (Fsp3) is 1.00. The Balaban J connectivity index is 3.37. The Morgan fingerprint density at radius 2 is 1.15 bits per heavy atom. The van der Waals surface area contributed by atoms with E-state index in [2.05, 4.69) is 4.74 Å². The molecule has 0 heterocycles. The molecule has 0 aromatic heterocycles. The van der Waals surface area contributed by atoms with Crippen LogP contribution in [0.25, 0.3) is 0 Å². The minimum atomic E-state index is -7.40. The average Bonchev–Trinajstić information content (AvgIpc) is 2.48. The van der Waals surface area contributed by atoms with Crippen LogP contribution < -0.4 is 0 Å². The molecule has 3 atom stereocenters. The van der Waals surface area contributed by atoms with Gasteiger partial charge >= 0.3 is 36.0 Å². The predicted octanol–water partition coefficient (Wildman–Crippen LogP) is 5.10. The second-order valence-corrected chi connectivity index (χ2v) is 5.33. The van der Waals surface area contributed by atoms with Crippen LogP contribution >= 0.6 is 0 Å². The lowest BCUT2D eigenvalue weighted by molar-refractivity contribution is -0.451. The summed E-state index contributed by atoms with van der Waals surface area (Å²) >= 11 is 0. The highest BCUT2D eigenvalue weighted by Gasteiger charge is 2.95. The van der Waals surface area contributed by atoms with Crippen molar-refractivity contribution in [3.05, 3.63) is 0 Å². The molecule has 0 amide bonds. The van der Waals surface area contributed by atoms with E-state index in [0.29, 0.717) is 0 Å². The third-order valence-electron chi connectivity index (χ3n) is 3.51. The van der Waals surface area contributed by atoms with E-state index in [1.165, 1.54) is 0 Å². The molecule has 0 N–H and O–H groups in total. The quantitative estimate of drug-likeness (QED) is 0.549. The lowest BCUT2D eigenvalue weighted by atomic mass is 9.74. The zero-order valence-corrected chi connectivity index (χ0v) is 11.8. The second kappa shape index (κ2) is 5.92. The first-order valence-corrected chi connectivity index (χ1v) is 6.08. The molecule has 1 aliphatic carbocycles. The second-order valence-electron chi connectivity index (χ2n) is 5.33. The average molecular weight is 444 g/mol. The Kier molecular flexibility index (Phi) is 5.23. The first kappa shape index (κ1) is 23.9. The van der Waals surface area contributed by atoms with E-state index in [-0.39, 0.29) is 0 Å². The van der Waals surface area contributed by atoms with Gasteiger partial charge in [0.15, 0.2) is 0 Å². The topological polar surface area (TPSA) is 9.23 Å². The molecular formula is C10H4F16O. The van der Waals surface area contributed by atoms with Crippen LogP contribution in [-0.2, 0) is 4.74 Å². The molecule has 27 heavy (non-hydrogen) atoms. The molecule has 0 aliphatic heterocycles. The van der Waals surface area contributed by atoms with Gasteiger partial charge < -0.3 is 4.74 Å². The maximum atomic E-state index is 13.9. The van der Waals surface area contributed by atoms with E-state index in [4.69, 9.17) is 0 Å². The van der Waals surface area contributed by atoms with Crippen LogP contribution in [-0.4, -0.2) is 60.6 Å². The highest BCUT2D eigenvalue weighted by molar-refractivity contribution is 5.23. The largest absolute Gasteiger partial charge is 0.428 e. The van der Waals surface area contributed by atoms with Gasteiger partial charge in [0.25, 0.3) is 6.17 Å². The van der Waals surface area contributed by atoms with Crippen molar-refractivity contribution in [3.63, 3.8) is 0 Å². The van der Waals surface area contributed by atoms with Gasteiger partial charge in [0.1, 0.15) is 0 Å². The van der Waals surface area contributed by atoms with E-state index in [1.54, 1.807) is 0 Å². The summed E-state index contributed by atoms with van der Waals surface area (Å²) in [6.45, 7) is -3.76. The van der Waals surface area contributed by atoms with Crippen LogP contribution in [0.2, 0.25) is 0 Å². The molecule has 0 saturated heterocycles. The summed E-state index contributed by atoms with van der Waals surface area (Å²) in [7, 11) is 0. The summed E-state index contributed by atoms with van der Waals surface area (Å²) in [4.78, 5) is 0. The molecule has 1 nitrogen and oxygen atoms in total. The van der Waals surface area contributed by atoms with E-state index >= 15 is 0 Å². The fourth-order valence-electron chi connectivity index (χ4n) is 1.90. The molecule has 0 aromatic carbocycles. The van der Waals surface area contributed by atoms with Crippen LogP contribution in [0.5, 0.6) is 0 Å². The van der Waals surface area contributed by atoms with Gasteiger partial charge in [-0.15, -0.1) is 0 Å². The fourth-order valence-corrected chi connectivity index (χ4v) is 1.90. The van der Waals surface area contributed by atoms with E-state index in [0.717, 1.165) is 0 Å². The molecule has 0 bridgehead atoms. The van der Waals surface area contributed by atoms with Crippen LogP contribution in [0, 0.1) is 0 Å². The number of hydrogen-bond acceptors (Lipinski definition) is 1. The molecule has 3 unspecified atom stereocenters. The molecule has 1 saturated carbocycles. The highest BCUT2D eigenvalue weighted by Crippen LogP contribution is 2.65. The van der Waals surface area contributed by atoms with E-state index < -0.39 is 60.6 Å². The van der Waals surface area contributed by atoms with E-state index in [9.17, 15) is 70.2 Å². The number of hydrogen-bond donors (Lipinski definition) is 0. The summed E-state index contributed by atoms with van der Waals surface area (Å²) < 4.78 is 207. The zero-order valence-electron chi connectivity index (χ0n) is 11.8. The normalized spacial score (nSPS) is 33.6. The number of alkyl halides is 16. The Morgan fingerprint density at radius 1 is 0.741 bits per heavy atom. The molecule has 1 rings (SSSR count). The van der Waals surface area contributed by atoms with Gasteiger partial charge in [0, 0.05) is 0 Å². The molecule has 0 radical (unpaired) electrons. The molecule has 162 valence electrons. The van der Waals surface area contributed by atoms with Crippen LogP contribution in [0.15, 0.2) is 0 Å². The number of ether oxygens (including phenoxy) is 1. The Labute approximate surface area is 137 Å². The molecular weight excluding hydrogens is 440 g/mol. The van der Waals surface area contributed by atoms with Crippen molar-refractivity contribution in [2.75, 3.05) is 6.61 Å². The Bertz CT molecular complexity index is 566. The van der Waals surface area contributed by atoms with Crippen molar-refractivity contribution >= 4 is 0 Å². The smallest absolute Gasteiger partial charge is 0.314 e. The third kappa shape index (κ3) is 2.99. The third-order valence-corrected chi connectivity index (χ3v) is 3.51. The first-order chi connectivity index (χ1) is 11.5. The van der Waals surface area contributed by atoms with Gasteiger partial charge in [-0.3, -0.25) is 0 Å². The maximum Gasteiger partial charge on any atom is 0.428 e. The highest BCUT2D eigenvalue weighted by atomic mass is 19.4. The summed E-state index contributed by atoms with van der Waals surface area (Å²) in [5.74, 6) is -28.8. The lowest BCUT2D eigenvalue weighted by Crippen LogP contribution is -2.81. The van der Waals surface area contributed by atoms with Gasteiger partial charge in [0.2, 0.25) is 11.8 Å². The van der Waals surface area contributed by atoms with Crippen LogP contribution in [0.4, 0.5) is 70.2 Å². The number of rotatable bonds is 4. The molecule has 17 heteroatoms. The van der Waals surface area contributed by atoms with Crippen molar-refractivity contribution < 1.29 is 75.0 Å². The SMILES string of the molecule is FC(C(F)(F)F)C(F)(F)OCC1(F)C(F)C(F)(F)C(F)(F)C(F)(F)C1(F)F. The van der Waals surface area contributed by atoms with Gasteiger partial charge in [0.05, 0.1) is 6.61 Å². The maximum absolute atomic E-state index is 13.9. The lowest BCUT2D eigenvalue weighted by Gasteiger charge is -2.50. The minimum absolute atomic E-state index is 2.39. The summed E-state index contributed by atoms with van der Waals surface area (Å²) in [6, 6.07) is 0. The van der Waals surface area contributed by atoms with Crippen molar-refractivity contribution in [1.82, 2.24) is 0 Å². The molecule has 1 fully saturated rings. The van der Waals surface area contributed by atoms with Gasteiger partial charge in [-0.1, -0.05) is 0 Å². The summed E-state index contributed by atoms with van der Waals surface area (Å²) in [5.41, 5.74) is -6.39. The monoisotopic (exact) mass is 444 g/mol. The molecule has 1 aliphatic rings. The summed E-state index contributed by atoms with van der Waals surface area (Å²) in [6.07, 6.45) is -23.9. The Hall–Kier alpha value is -1.16. The van der Waals surface area contributed by atoms with Crippen molar-refractivity contribution in [1.29, 1.82) is 0 Å². The van der Waals surface area contributed by atoms with Crippen molar-refractivity contribution in [3.8, 4) is 0 Å². The molecule has 0 aromatic rings. The van der Waals surface area contributed by atoms with Crippen LogP contribution in [0.1, 0.15) is 0 Å². The first-order valence-electron chi connectivity index (χ1n) is 6.08. The number of halogens is 16. The standard InChI is InChI=1S/C10H4F16O/c11-2-4(13,1-27-7(19,20)3(12)6(16,17)18)8(21,22)10(25,26)9(23,24)5(2,14)15/h2-3H,1H2. The minimum Gasteiger partial charge on any atom is -0.314 e. The van der Waals surface area contributed by atoms with Crippen LogP contribution in [0.3, 0.4) is 0 Å². The predicted molar refractivity (Wildman–Crippen MR) is 50.4 cm³/mol. The van der Waals surface area contributed by atoms with E-state index in [1.807, 2.05) is 0 Å². The van der Waals surface area contributed by atoms with Gasteiger partial charge in [-0.2, -0.15) is 57.1 Å². The Morgan fingerprint density at radius 3 is 1.52 bits per heavy atom. The molecule has 0 spiro atoms. The summed E-state index contributed by atoms with van der Waals surface area (Å²) in [5, 5.41) is 0. The van der Waals surface area contributed by atoms with Crippen molar-refractivity contribution in [2.24, 2.45) is 0 Å².